The molecule has 0 aromatic carbocycles. The molecule has 12 heavy (non-hydrogen) atoms. The van der Waals surface area contributed by atoms with Crippen molar-refractivity contribution < 1.29 is 5.11 Å². The van der Waals surface area contributed by atoms with Gasteiger partial charge in [0.2, 0.25) is 0 Å². The fraction of sp³-hybridized carbons (Fsp3) is 0.800. The molecule has 0 spiro atoms. The minimum atomic E-state index is -0.202. The Hall–Kier alpha value is -0.0100. The molecule has 0 aliphatic heterocycles. The van der Waals surface area contributed by atoms with Gasteiger partial charge in [0.15, 0.2) is 0 Å². The SMILES string of the molecule is O[C@H]1C=C[C@@H]2[C@H]3C[C@@H]([C@H]21)[C@H](Cl)C3. The minimum absolute atomic E-state index is 0.202. The summed E-state index contributed by atoms with van der Waals surface area (Å²) in [5, 5.41) is 10.0. The van der Waals surface area contributed by atoms with Gasteiger partial charge in [-0.2, -0.15) is 0 Å². The fourth-order valence-electron chi connectivity index (χ4n) is 3.51. The predicted octanol–water partition coefficient (Wildman–Crippen LogP) is 1.80. The first kappa shape index (κ1) is 7.40. The van der Waals surface area contributed by atoms with Crippen molar-refractivity contribution in [2.24, 2.45) is 23.7 Å². The third-order valence-corrected chi connectivity index (χ3v) is 4.48. The molecule has 0 aromatic heterocycles. The molecule has 3 aliphatic carbocycles. The Labute approximate surface area is 77.4 Å². The highest BCUT2D eigenvalue weighted by molar-refractivity contribution is 6.21. The smallest absolute Gasteiger partial charge is 0.0758 e. The topological polar surface area (TPSA) is 20.2 Å². The van der Waals surface area contributed by atoms with Crippen molar-refractivity contribution in [1.82, 2.24) is 0 Å². The van der Waals surface area contributed by atoms with Gasteiger partial charge in [0.25, 0.3) is 0 Å². The highest BCUT2D eigenvalue weighted by Crippen LogP contribution is 2.57. The van der Waals surface area contributed by atoms with Crippen molar-refractivity contribution in [1.29, 1.82) is 0 Å². The van der Waals surface area contributed by atoms with Gasteiger partial charge in [0.1, 0.15) is 0 Å². The molecule has 2 bridgehead atoms. The maximum absolute atomic E-state index is 9.69. The van der Waals surface area contributed by atoms with E-state index >= 15 is 0 Å². The summed E-state index contributed by atoms with van der Waals surface area (Å²) in [6.45, 7) is 0. The monoisotopic (exact) mass is 184 g/mol. The number of fused-ring (bicyclic) bond motifs is 5. The molecule has 2 saturated carbocycles. The maximum Gasteiger partial charge on any atom is 0.0758 e. The number of allylic oxidation sites excluding steroid dienone is 1. The van der Waals surface area contributed by atoms with E-state index in [4.69, 9.17) is 11.6 Å². The number of hydrogen-bond acceptors (Lipinski definition) is 1. The van der Waals surface area contributed by atoms with Crippen molar-refractivity contribution in [2.75, 3.05) is 0 Å². The lowest BCUT2D eigenvalue weighted by molar-refractivity contribution is 0.107. The van der Waals surface area contributed by atoms with Gasteiger partial charge in [0.05, 0.1) is 6.10 Å². The molecule has 3 rings (SSSR count). The molecule has 3 aliphatic rings. The van der Waals surface area contributed by atoms with Crippen LogP contribution in [0.2, 0.25) is 0 Å². The van der Waals surface area contributed by atoms with E-state index in [-0.39, 0.29) is 6.10 Å². The van der Waals surface area contributed by atoms with Crippen LogP contribution in [0.3, 0.4) is 0 Å². The molecule has 2 heteroatoms. The zero-order valence-corrected chi connectivity index (χ0v) is 7.61. The molecule has 0 radical (unpaired) electrons. The van der Waals surface area contributed by atoms with Crippen molar-refractivity contribution in [2.45, 2.75) is 24.3 Å². The highest BCUT2D eigenvalue weighted by Gasteiger charge is 2.54. The average molecular weight is 185 g/mol. The normalized spacial score (nSPS) is 61.2. The molecule has 1 N–H and O–H groups in total. The van der Waals surface area contributed by atoms with Crippen molar-refractivity contribution in [3.63, 3.8) is 0 Å². The molecule has 0 heterocycles. The number of halogens is 1. The van der Waals surface area contributed by atoms with Crippen LogP contribution in [-0.4, -0.2) is 16.6 Å². The molecule has 0 aromatic rings. The molecule has 0 saturated heterocycles. The molecule has 66 valence electrons. The summed E-state index contributed by atoms with van der Waals surface area (Å²) < 4.78 is 0. The van der Waals surface area contributed by atoms with Gasteiger partial charge in [0, 0.05) is 5.38 Å². The molecule has 0 amide bonds. The summed E-state index contributed by atoms with van der Waals surface area (Å²) in [7, 11) is 0. The Morgan fingerprint density at radius 3 is 2.92 bits per heavy atom. The van der Waals surface area contributed by atoms with E-state index in [0.29, 0.717) is 23.1 Å². The van der Waals surface area contributed by atoms with Crippen LogP contribution in [0.5, 0.6) is 0 Å². The maximum atomic E-state index is 9.69. The van der Waals surface area contributed by atoms with E-state index in [1.807, 2.05) is 6.08 Å². The van der Waals surface area contributed by atoms with Crippen LogP contribution in [0.4, 0.5) is 0 Å². The Balaban J connectivity index is 1.94. The number of aliphatic hydroxyl groups is 1. The van der Waals surface area contributed by atoms with E-state index in [1.54, 1.807) is 0 Å². The second-order valence-corrected chi connectivity index (χ2v) is 5.00. The highest BCUT2D eigenvalue weighted by atomic mass is 35.5. The number of aliphatic hydroxyl groups excluding tert-OH is 1. The van der Waals surface area contributed by atoms with Gasteiger partial charge in [-0.1, -0.05) is 12.2 Å². The van der Waals surface area contributed by atoms with Gasteiger partial charge < -0.3 is 5.11 Å². The molecule has 1 nitrogen and oxygen atoms in total. The molecular formula is C10H13ClO. The Morgan fingerprint density at radius 2 is 2.08 bits per heavy atom. The van der Waals surface area contributed by atoms with E-state index in [1.165, 1.54) is 12.8 Å². The third-order valence-electron chi connectivity index (χ3n) is 3.98. The lowest BCUT2D eigenvalue weighted by Gasteiger charge is -2.29. The molecule has 0 unspecified atom stereocenters. The van der Waals surface area contributed by atoms with Crippen molar-refractivity contribution >= 4 is 11.6 Å². The number of hydrogen-bond donors (Lipinski definition) is 1. The standard InChI is InChI=1S/C10H13ClO/c11-8-4-5-3-7(8)10-6(5)1-2-9(10)12/h1-2,5-10,12H,3-4H2/t5-,6+,7+,8+,9-,10-/m0/s1. The van der Waals surface area contributed by atoms with Crippen LogP contribution in [-0.2, 0) is 0 Å². The van der Waals surface area contributed by atoms with Gasteiger partial charge in [-0.25, -0.2) is 0 Å². The molecule has 2 fully saturated rings. The van der Waals surface area contributed by atoms with Crippen LogP contribution in [0.15, 0.2) is 12.2 Å². The quantitative estimate of drug-likeness (QED) is 0.450. The summed E-state index contributed by atoms with van der Waals surface area (Å²) in [6, 6.07) is 0. The van der Waals surface area contributed by atoms with Gasteiger partial charge >= 0.3 is 0 Å². The Bertz CT molecular complexity index is 238. The van der Waals surface area contributed by atoms with Crippen LogP contribution >= 0.6 is 11.6 Å². The summed E-state index contributed by atoms with van der Waals surface area (Å²) in [5.41, 5.74) is 0. The van der Waals surface area contributed by atoms with Gasteiger partial charge in [-0.05, 0) is 36.5 Å². The minimum Gasteiger partial charge on any atom is -0.389 e. The largest absolute Gasteiger partial charge is 0.389 e. The lowest BCUT2D eigenvalue weighted by Crippen LogP contribution is -2.31. The summed E-state index contributed by atoms with van der Waals surface area (Å²) in [5.74, 6) is 2.48. The predicted molar refractivity (Wildman–Crippen MR) is 48.0 cm³/mol. The van der Waals surface area contributed by atoms with Gasteiger partial charge in [-0.15, -0.1) is 11.6 Å². The molecular weight excluding hydrogens is 172 g/mol. The van der Waals surface area contributed by atoms with E-state index in [0.717, 1.165) is 5.92 Å². The fourth-order valence-corrected chi connectivity index (χ4v) is 4.01. The number of rotatable bonds is 0. The number of alkyl halides is 1. The Kier molecular flexibility index (Phi) is 1.40. The van der Waals surface area contributed by atoms with Gasteiger partial charge in [-0.3, -0.25) is 0 Å². The van der Waals surface area contributed by atoms with Crippen molar-refractivity contribution in [3.8, 4) is 0 Å². The van der Waals surface area contributed by atoms with E-state index < -0.39 is 0 Å². The summed E-state index contributed by atoms with van der Waals surface area (Å²) >= 11 is 6.20. The van der Waals surface area contributed by atoms with Crippen LogP contribution < -0.4 is 0 Å². The molecule has 6 atom stereocenters. The van der Waals surface area contributed by atoms with Crippen LogP contribution in [0.25, 0.3) is 0 Å². The first-order chi connectivity index (χ1) is 5.77. The average Bonchev–Trinajstić information content (AvgIpc) is 2.62. The zero-order valence-electron chi connectivity index (χ0n) is 6.86. The van der Waals surface area contributed by atoms with E-state index in [2.05, 4.69) is 6.08 Å². The third kappa shape index (κ3) is 0.742. The van der Waals surface area contributed by atoms with Crippen LogP contribution in [0.1, 0.15) is 12.8 Å². The second kappa shape index (κ2) is 2.27. The zero-order chi connectivity index (χ0) is 8.29. The first-order valence-corrected chi connectivity index (χ1v) is 5.21. The second-order valence-electron chi connectivity index (χ2n) is 4.44. The summed E-state index contributed by atoms with van der Waals surface area (Å²) in [4.78, 5) is 0. The van der Waals surface area contributed by atoms with Crippen LogP contribution in [0, 0.1) is 23.7 Å². The summed E-state index contributed by atoms with van der Waals surface area (Å²) in [6.07, 6.45) is 6.40. The van der Waals surface area contributed by atoms with E-state index in [9.17, 15) is 5.11 Å². The Morgan fingerprint density at radius 1 is 1.25 bits per heavy atom. The van der Waals surface area contributed by atoms with Crippen molar-refractivity contribution in [3.05, 3.63) is 12.2 Å². The lowest BCUT2D eigenvalue weighted by atomic mass is 9.80. The first-order valence-electron chi connectivity index (χ1n) is 4.78.